The predicted molar refractivity (Wildman–Crippen MR) is 89.2 cm³/mol. The molecule has 1 saturated heterocycles. The van der Waals surface area contributed by atoms with Gasteiger partial charge in [0.1, 0.15) is 0 Å². The van der Waals surface area contributed by atoms with Crippen molar-refractivity contribution in [1.82, 2.24) is 14.9 Å². The van der Waals surface area contributed by atoms with Gasteiger partial charge in [-0.25, -0.2) is 0 Å². The molecule has 1 amide bonds. The van der Waals surface area contributed by atoms with Crippen molar-refractivity contribution in [3.05, 3.63) is 30.7 Å². The number of piperidine rings is 1. The lowest BCUT2D eigenvalue weighted by Gasteiger charge is -2.41. The second-order valence-electron chi connectivity index (χ2n) is 6.31. The number of amides is 1. The number of fused-ring (bicyclic) bond motifs is 1. The number of likely N-dealkylation sites (N-methyl/N-ethyl adjacent to an activating group) is 1. The van der Waals surface area contributed by atoms with E-state index in [1.165, 1.54) is 6.92 Å². The van der Waals surface area contributed by atoms with Crippen molar-refractivity contribution in [3.8, 4) is 0 Å². The number of carbonyl (C=O) groups is 1. The number of nitrogens with zero attached hydrogens (tertiary/aromatic N) is 4. The maximum absolute atomic E-state index is 11.4. The Labute approximate surface area is 135 Å². The van der Waals surface area contributed by atoms with Crippen LogP contribution in [0.2, 0.25) is 0 Å². The van der Waals surface area contributed by atoms with Crippen LogP contribution in [0.15, 0.2) is 30.7 Å². The number of hydrogen-bond donors (Lipinski definition) is 1. The zero-order valence-corrected chi connectivity index (χ0v) is 13.6. The van der Waals surface area contributed by atoms with Gasteiger partial charge in [0, 0.05) is 63.3 Å². The molecule has 6 heteroatoms. The summed E-state index contributed by atoms with van der Waals surface area (Å²) in [6, 6.07) is 3.90. The lowest BCUT2D eigenvalue weighted by atomic mass is 9.90. The highest BCUT2D eigenvalue weighted by Crippen LogP contribution is 2.30. The fourth-order valence-electron chi connectivity index (χ4n) is 3.13. The number of carbonyl (C=O) groups excluding carboxylic acids is 1. The first-order chi connectivity index (χ1) is 11.0. The number of rotatable bonds is 3. The van der Waals surface area contributed by atoms with Crippen LogP contribution in [-0.4, -0.2) is 58.2 Å². The van der Waals surface area contributed by atoms with Gasteiger partial charge < -0.3 is 14.9 Å². The van der Waals surface area contributed by atoms with Gasteiger partial charge in [0.2, 0.25) is 5.91 Å². The normalized spacial score (nSPS) is 17.3. The molecule has 3 rings (SSSR count). The molecular weight excluding hydrogens is 292 g/mol. The minimum Gasteiger partial charge on any atom is -0.388 e. The largest absolute Gasteiger partial charge is 0.388 e. The monoisotopic (exact) mass is 314 g/mol. The first kappa shape index (κ1) is 15.7. The molecule has 0 unspecified atom stereocenters. The van der Waals surface area contributed by atoms with Gasteiger partial charge in [0.05, 0.1) is 11.1 Å². The molecule has 0 saturated carbocycles. The Kier molecular flexibility index (Phi) is 4.17. The minimum atomic E-state index is -0.808. The number of anilines is 1. The summed E-state index contributed by atoms with van der Waals surface area (Å²) in [5, 5.41) is 11.8. The van der Waals surface area contributed by atoms with Gasteiger partial charge in [-0.2, -0.15) is 0 Å². The maximum Gasteiger partial charge on any atom is 0.219 e. The summed E-state index contributed by atoms with van der Waals surface area (Å²) in [7, 11) is 1.73. The Balaban J connectivity index is 1.74. The van der Waals surface area contributed by atoms with Crippen molar-refractivity contribution in [2.75, 3.05) is 31.6 Å². The molecule has 23 heavy (non-hydrogen) atoms. The second kappa shape index (κ2) is 6.12. The van der Waals surface area contributed by atoms with Gasteiger partial charge in [0.25, 0.3) is 0 Å². The summed E-state index contributed by atoms with van der Waals surface area (Å²) >= 11 is 0. The van der Waals surface area contributed by atoms with Gasteiger partial charge in [0.15, 0.2) is 0 Å². The lowest BCUT2D eigenvalue weighted by Crippen LogP contribution is -2.51. The van der Waals surface area contributed by atoms with E-state index in [0.717, 1.165) is 29.7 Å². The first-order valence-electron chi connectivity index (χ1n) is 7.86. The summed E-state index contributed by atoms with van der Waals surface area (Å²) in [4.78, 5) is 23.8. The van der Waals surface area contributed by atoms with Crippen LogP contribution in [0.1, 0.15) is 19.8 Å². The molecule has 3 heterocycles. The van der Waals surface area contributed by atoms with Crippen LogP contribution in [0, 0.1) is 0 Å². The molecule has 1 aliphatic rings. The van der Waals surface area contributed by atoms with E-state index in [2.05, 4.69) is 14.9 Å². The van der Waals surface area contributed by atoms with Crippen LogP contribution in [-0.2, 0) is 4.79 Å². The number of aliphatic hydroxyl groups is 1. The molecule has 0 radical (unpaired) electrons. The number of hydrogen-bond acceptors (Lipinski definition) is 5. The Bertz CT molecular complexity index is 705. The fourth-order valence-corrected chi connectivity index (χ4v) is 3.13. The second-order valence-corrected chi connectivity index (χ2v) is 6.31. The highest BCUT2D eigenvalue weighted by molar-refractivity contribution is 5.90. The molecule has 1 fully saturated rings. The molecule has 0 spiro atoms. The molecule has 0 aromatic carbocycles. The SMILES string of the molecule is CC(=O)N(C)CC1(O)CCN(c2ccnc3ccncc23)CC1. The van der Waals surface area contributed by atoms with Crippen molar-refractivity contribution in [2.24, 2.45) is 0 Å². The molecular formula is C17H22N4O2. The summed E-state index contributed by atoms with van der Waals surface area (Å²) in [6.45, 7) is 3.40. The fraction of sp³-hybridized carbons (Fsp3) is 0.471. The van der Waals surface area contributed by atoms with E-state index < -0.39 is 5.60 Å². The van der Waals surface area contributed by atoms with Crippen LogP contribution in [0.5, 0.6) is 0 Å². The Morgan fingerprint density at radius 1 is 1.35 bits per heavy atom. The molecule has 1 N–H and O–H groups in total. The molecule has 2 aromatic rings. The van der Waals surface area contributed by atoms with Gasteiger partial charge in [-0.05, 0) is 25.0 Å². The van der Waals surface area contributed by atoms with E-state index >= 15 is 0 Å². The van der Waals surface area contributed by atoms with Crippen molar-refractivity contribution < 1.29 is 9.90 Å². The third-order valence-corrected chi connectivity index (χ3v) is 4.62. The van der Waals surface area contributed by atoms with Gasteiger partial charge >= 0.3 is 0 Å². The van der Waals surface area contributed by atoms with Crippen LogP contribution < -0.4 is 4.90 Å². The molecule has 6 nitrogen and oxygen atoms in total. The van der Waals surface area contributed by atoms with E-state index in [4.69, 9.17) is 0 Å². The average molecular weight is 314 g/mol. The van der Waals surface area contributed by atoms with Gasteiger partial charge in [-0.3, -0.25) is 14.8 Å². The van der Waals surface area contributed by atoms with Crippen molar-refractivity contribution in [3.63, 3.8) is 0 Å². The third-order valence-electron chi connectivity index (χ3n) is 4.62. The zero-order valence-electron chi connectivity index (χ0n) is 13.6. The van der Waals surface area contributed by atoms with Gasteiger partial charge in [-0.15, -0.1) is 0 Å². The summed E-state index contributed by atoms with van der Waals surface area (Å²) < 4.78 is 0. The Morgan fingerprint density at radius 2 is 2.09 bits per heavy atom. The summed E-state index contributed by atoms with van der Waals surface area (Å²) in [5.41, 5.74) is 1.22. The predicted octanol–water partition coefficient (Wildman–Crippen LogP) is 1.44. The van der Waals surface area contributed by atoms with E-state index in [1.54, 1.807) is 18.1 Å². The van der Waals surface area contributed by atoms with Crippen LogP contribution in [0.3, 0.4) is 0 Å². The van der Waals surface area contributed by atoms with Crippen LogP contribution in [0.25, 0.3) is 10.9 Å². The highest BCUT2D eigenvalue weighted by atomic mass is 16.3. The molecule has 0 atom stereocenters. The summed E-state index contributed by atoms with van der Waals surface area (Å²) in [6.07, 6.45) is 6.65. The van der Waals surface area contributed by atoms with Crippen LogP contribution in [0.4, 0.5) is 5.69 Å². The number of aromatic nitrogens is 2. The van der Waals surface area contributed by atoms with Crippen molar-refractivity contribution >= 4 is 22.5 Å². The van der Waals surface area contributed by atoms with E-state index in [9.17, 15) is 9.90 Å². The van der Waals surface area contributed by atoms with E-state index in [1.807, 2.05) is 24.5 Å². The maximum atomic E-state index is 11.4. The minimum absolute atomic E-state index is 0.0212. The molecule has 0 bridgehead atoms. The van der Waals surface area contributed by atoms with Crippen molar-refractivity contribution in [2.45, 2.75) is 25.4 Å². The third kappa shape index (κ3) is 3.27. The smallest absolute Gasteiger partial charge is 0.219 e. The average Bonchev–Trinajstić information content (AvgIpc) is 2.55. The zero-order chi connectivity index (χ0) is 16.4. The standard InChI is InChI=1S/C17H22N4O2/c1-13(22)20(2)12-17(23)5-9-21(10-6-17)16-4-8-19-15-3-7-18-11-14(15)16/h3-4,7-8,11,23H,5-6,9-10,12H2,1-2H3. The number of pyridine rings is 2. The quantitative estimate of drug-likeness (QED) is 0.928. The topological polar surface area (TPSA) is 69.6 Å². The Morgan fingerprint density at radius 3 is 2.78 bits per heavy atom. The molecule has 0 aliphatic carbocycles. The first-order valence-corrected chi connectivity index (χ1v) is 7.86. The lowest BCUT2D eigenvalue weighted by molar-refractivity contribution is -0.131. The van der Waals surface area contributed by atoms with E-state index in [0.29, 0.717) is 19.4 Å². The molecule has 1 aliphatic heterocycles. The van der Waals surface area contributed by atoms with Gasteiger partial charge in [-0.1, -0.05) is 0 Å². The highest BCUT2D eigenvalue weighted by Gasteiger charge is 2.34. The molecule has 2 aromatic heterocycles. The van der Waals surface area contributed by atoms with Crippen LogP contribution >= 0.6 is 0 Å². The van der Waals surface area contributed by atoms with Crippen molar-refractivity contribution in [1.29, 1.82) is 0 Å². The summed E-state index contributed by atoms with van der Waals surface area (Å²) in [5.74, 6) is -0.0212. The Hall–Kier alpha value is -2.21. The van der Waals surface area contributed by atoms with E-state index in [-0.39, 0.29) is 5.91 Å². The molecule has 122 valence electrons.